The van der Waals surface area contributed by atoms with Gasteiger partial charge in [0.2, 0.25) is 0 Å². The minimum Gasteiger partial charge on any atom is -0.295 e. The first-order valence-electron chi connectivity index (χ1n) is 4.92. The molecule has 1 nitrogen and oxygen atoms in total. The Hall–Kier alpha value is -1.18. The summed E-state index contributed by atoms with van der Waals surface area (Å²) in [5.74, 6) is -0.00484. The number of hydrogen-bond acceptors (Lipinski definition) is 1. The monoisotopic (exact) mass is 192 g/mol. The number of ketones is 1. The van der Waals surface area contributed by atoms with Gasteiger partial charge in [0.05, 0.1) is 0 Å². The molecule has 0 N–H and O–H groups in total. The summed E-state index contributed by atoms with van der Waals surface area (Å²) in [5, 5.41) is 0. The first-order chi connectivity index (χ1) is 6.62. The molecule has 1 aromatic rings. The van der Waals surface area contributed by atoms with Crippen molar-refractivity contribution in [3.8, 4) is 0 Å². The molecule has 1 fully saturated rings. The lowest BCUT2D eigenvalue weighted by Crippen LogP contribution is -2.28. The predicted octanol–water partition coefficient (Wildman–Crippen LogP) is 3.24. The van der Waals surface area contributed by atoms with Gasteiger partial charge in [0.1, 0.15) is 5.67 Å². The molecule has 0 heterocycles. The van der Waals surface area contributed by atoms with Gasteiger partial charge < -0.3 is 0 Å². The van der Waals surface area contributed by atoms with Gasteiger partial charge in [-0.1, -0.05) is 18.2 Å². The summed E-state index contributed by atoms with van der Waals surface area (Å²) in [6.45, 7) is 1.50. The summed E-state index contributed by atoms with van der Waals surface area (Å²) in [5.41, 5.74) is 0.105. The third kappa shape index (κ3) is 1.45. The van der Waals surface area contributed by atoms with E-state index in [0.717, 1.165) is 6.42 Å². The number of carbonyl (C=O) groups is 1. The highest BCUT2D eigenvalue weighted by atomic mass is 19.1. The molecule has 0 unspecified atom stereocenters. The van der Waals surface area contributed by atoms with Crippen molar-refractivity contribution in [3.05, 3.63) is 35.4 Å². The van der Waals surface area contributed by atoms with Gasteiger partial charge in [-0.25, -0.2) is 4.39 Å². The maximum Gasteiger partial charge on any atom is 0.159 e. The van der Waals surface area contributed by atoms with Crippen LogP contribution in [0.4, 0.5) is 4.39 Å². The molecule has 0 radical (unpaired) electrons. The molecule has 14 heavy (non-hydrogen) atoms. The van der Waals surface area contributed by atoms with Gasteiger partial charge in [-0.15, -0.1) is 0 Å². The maximum absolute atomic E-state index is 14.0. The van der Waals surface area contributed by atoms with Crippen LogP contribution in [0.1, 0.15) is 42.1 Å². The number of alkyl halides is 1. The fourth-order valence-corrected chi connectivity index (χ4v) is 1.79. The molecule has 0 aliphatic heterocycles. The Morgan fingerprint density at radius 3 is 2.64 bits per heavy atom. The minimum absolute atomic E-state index is 0.00484. The van der Waals surface area contributed by atoms with E-state index in [2.05, 4.69) is 0 Å². The Labute approximate surface area is 82.9 Å². The molecular weight excluding hydrogens is 179 g/mol. The zero-order chi connectivity index (χ0) is 10.2. The van der Waals surface area contributed by atoms with Gasteiger partial charge in [0, 0.05) is 5.56 Å². The van der Waals surface area contributed by atoms with Gasteiger partial charge in [-0.05, 0) is 37.8 Å². The second-order valence-electron chi connectivity index (χ2n) is 3.96. The molecule has 2 rings (SSSR count). The van der Waals surface area contributed by atoms with E-state index in [9.17, 15) is 9.18 Å². The van der Waals surface area contributed by atoms with Crippen molar-refractivity contribution < 1.29 is 9.18 Å². The quantitative estimate of drug-likeness (QED) is 0.657. The molecule has 0 amide bonds. The highest BCUT2D eigenvalue weighted by Crippen LogP contribution is 2.45. The second-order valence-corrected chi connectivity index (χ2v) is 3.96. The zero-order valence-electron chi connectivity index (χ0n) is 8.22. The van der Waals surface area contributed by atoms with Crippen molar-refractivity contribution in [2.75, 3.05) is 0 Å². The smallest absolute Gasteiger partial charge is 0.159 e. The van der Waals surface area contributed by atoms with E-state index in [1.807, 2.05) is 0 Å². The van der Waals surface area contributed by atoms with E-state index in [1.165, 1.54) is 6.92 Å². The molecule has 0 saturated heterocycles. The van der Waals surface area contributed by atoms with Gasteiger partial charge in [-0.3, -0.25) is 4.79 Å². The van der Waals surface area contributed by atoms with E-state index in [-0.39, 0.29) is 5.78 Å². The summed E-state index contributed by atoms with van der Waals surface area (Å²) in [4.78, 5) is 11.1. The molecule has 1 aliphatic carbocycles. The second kappa shape index (κ2) is 3.19. The maximum atomic E-state index is 14.0. The van der Waals surface area contributed by atoms with Crippen molar-refractivity contribution in [3.63, 3.8) is 0 Å². The SMILES string of the molecule is CC(=O)c1cccc(C2(F)CCC2)c1. The number of hydrogen-bond donors (Lipinski definition) is 0. The van der Waals surface area contributed by atoms with Crippen molar-refractivity contribution >= 4 is 5.78 Å². The third-order valence-electron chi connectivity index (χ3n) is 2.93. The average molecular weight is 192 g/mol. The lowest BCUT2D eigenvalue weighted by Gasteiger charge is -2.34. The summed E-state index contributed by atoms with van der Waals surface area (Å²) in [7, 11) is 0. The van der Waals surface area contributed by atoms with Crippen LogP contribution in [0.15, 0.2) is 24.3 Å². The fourth-order valence-electron chi connectivity index (χ4n) is 1.79. The van der Waals surface area contributed by atoms with E-state index < -0.39 is 5.67 Å². The minimum atomic E-state index is -1.16. The molecule has 0 spiro atoms. The Kier molecular flexibility index (Phi) is 2.14. The van der Waals surface area contributed by atoms with Crippen LogP contribution in [0.5, 0.6) is 0 Å². The van der Waals surface area contributed by atoms with E-state index in [4.69, 9.17) is 0 Å². The highest BCUT2D eigenvalue weighted by molar-refractivity contribution is 5.94. The molecule has 0 bridgehead atoms. The van der Waals surface area contributed by atoms with Gasteiger partial charge in [-0.2, -0.15) is 0 Å². The summed E-state index contributed by atoms with van der Waals surface area (Å²) in [6.07, 6.45) is 2.13. The summed E-state index contributed by atoms with van der Waals surface area (Å²) >= 11 is 0. The molecule has 1 saturated carbocycles. The van der Waals surface area contributed by atoms with Gasteiger partial charge in [0.15, 0.2) is 5.78 Å². The lowest BCUT2D eigenvalue weighted by molar-refractivity contribution is 0.0608. The van der Waals surface area contributed by atoms with Gasteiger partial charge in [0.25, 0.3) is 0 Å². The Bertz CT molecular complexity index is 366. The Morgan fingerprint density at radius 2 is 2.14 bits per heavy atom. The molecule has 1 aromatic carbocycles. The fraction of sp³-hybridized carbons (Fsp3) is 0.417. The van der Waals surface area contributed by atoms with Crippen LogP contribution < -0.4 is 0 Å². The van der Waals surface area contributed by atoms with Crippen LogP contribution in [0.25, 0.3) is 0 Å². The number of benzene rings is 1. The van der Waals surface area contributed by atoms with Crippen molar-refractivity contribution in [2.45, 2.75) is 31.9 Å². The van der Waals surface area contributed by atoms with Crippen LogP contribution >= 0.6 is 0 Å². The standard InChI is InChI=1S/C12H13FO/c1-9(14)10-4-2-5-11(8-10)12(13)6-3-7-12/h2,4-5,8H,3,6-7H2,1H3. The van der Waals surface area contributed by atoms with Crippen LogP contribution in [-0.4, -0.2) is 5.78 Å². The molecule has 1 aliphatic rings. The molecular formula is C12H13FO. The Balaban J connectivity index is 2.35. The van der Waals surface area contributed by atoms with Crippen molar-refractivity contribution in [1.82, 2.24) is 0 Å². The van der Waals surface area contributed by atoms with Crippen LogP contribution in [0.3, 0.4) is 0 Å². The normalized spacial score (nSPS) is 18.7. The molecule has 0 aromatic heterocycles. The number of carbonyl (C=O) groups excluding carboxylic acids is 1. The Morgan fingerprint density at radius 1 is 1.43 bits per heavy atom. The van der Waals surface area contributed by atoms with Gasteiger partial charge >= 0.3 is 0 Å². The van der Waals surface area contributed by atoms with E-state index >= 15 is 0 Å². The topological polar surface area (TPSA) is 17.1 Å². The van der Waals surface area contributed by atoms with E-state index in [0.29, 0.717) is 24.0 Å². The number of Topliss-reactive ketones (excluding diaryl/α,β-unsaturated/α-hetero) is 1. The summed E-state index contributed by atoms with van der Waals surface area (Å²) in [6, 6.07) is 6.94. The lowest BCUT2D eigenvalue weighted by atomic mass is 9.76. The van der Waals surface area contributed by atoms with Crippen LogP contribution in [0, 0.1) is 0 Å². The molecule has 74 valence electrons. The predicted molar refractivity (Wildman–Crippen MR) is 53.1 cm³/mol. The largest absolute Gasteiger partial charge is 0.295 e. The summed E-state index contributed by atoms with van der Waals surface area (Å²) < 4.78 is 14.0. The third-order valence-corrected chi connectivity index (χ3v) is 2.93. The van der Waals surface area contributed by atoms with E-state index in [1.54, 1.807) is 24.3 Å². The first-order valence-corrected chi connectivity index (χ1v) is 4.92. The molecule has 2 heteroatoms. The average Bonchev–Trinajstić information content (AvgIpc) is 2.14. The van der Waals surface area contributed by atoms with Crippen LogP contribution in [0.2, 0.25) is 0 Å². The number of halogens is 1. The van der Waals surface area contributed by atoms with Crippen molar-refractivity contribution in [1.29, 1.82) is 0 Å². The first kappa shape index (κ1) is 9.38. The van der Waals surface area contributed by atoms with Crippen LogP contribution in [-0.2, 0) is 5.67 Å². The zero-order valence-corrected chi connectivity index (χ0v) is 8.22. The van der Waals surface area contributed by atoms with Crippen molar-refractivity contribution in [2.24, 2.45) is 0 Å². The number of rotatable bonds is 2. The highest BCUT2D eigenvalue weighted by Gasteiger charge is 2.38. The molecule has 0 atom stereocenters.